The van der Waals surface area contributed by atoms with E-state index in [-0.39, 0.29) is 0 Å². The molecule has 2 heteroatoms. The van der Waals surface area contributed by atoms with E-state index >= 15 is 0 Å². The highest BCUT2D eigenvalue weighted by atomic mass is 15.1. The number of aryl methyl sites for hydroxylation is 1. The van der Waals surface area contributed by atoms with Crippen LogP contribution in [-0.4, -0.2) is 30.1 Å². The number of rotatable bonds is 5. The van der Waals surface area contributed by atoms with E-state index in [9.17, 15) is 0 Å². The number of benzene rings is 1. The van der Waals surface area contributed by atoms with Crippen LogP contribution in [0, 0.1) is 0 Å². The van der Waals surface area contributed by atoms with Crippen LogP contribution >= 0.6 is 0 Å². The van der Waals surface area contributed by atoms with Crippen molar-refractivity contribution >= 4 is 0 Å². The Bertz CT molecular complexity index is 596. The van der Waals surface area contributed by atoms with Gasteiger partial charge in [-0.3, -0.25) is 0 Å². The topological polar surface area (TPSA) is 8.17 Å². The Labute approximate surface area is 134 Å². The minimum Gasteiger partial charge on any atom is -0.344 e. The fraction of sp³-hybridized carbons (Fsp3) is 0.500. The summed E-state index contributed by atoms with van der Waals surface area (Å²) in [5.41, 5.74) is 5.99. The second-order valence-electron chi connectivity index (χ2n) is 6.74. The smallest absolute Gasteiger partial charge is 0.0485 e. The molecule has 1 aromatic carbocycles. The number of fused-ring (bicyclic) bond motifs is 1. The zero-order valence-corrected chi connectivity index (χ0v) is 14.0. The minimum absolute atomic E-state index is 1.14. The summed E-state index contributed by atoms with van der Waals surface area (Å²) in [6.45, 7) is 2.29. The van der Waals surface area contributed by atoms with Crippen molar-refractivity contribution in [1.82, 2.24) is 9.47 Å². The molecule has 0 unspecified atom stereocenters. The van der Waals surface area contributed by atoms with Gasteiger partial charge in [0.1, 0.15) is 0 Å². The van der Waals surface area contributed by atoms with Crippen molar-refractivity contribution in [3.63, 3.8) is 0 Å². The van der Waals surface area contributed by atoms with Crippen molar-refractivity contribution in [3.05, 3.63) is 47.7 Å². The largest absolute Gasteiger partial charge is 0.344 e. The molecule has 0 amide bonds. The van der Waals surface area contributed by atoms with Gasteiger partial charge in [-0.15, -0.1) is 0 Å². The fourth-order valence-electron chi connectivity index (χ4n) is 3.59. The molecule has 3 rings (SSSR count). The van der Waals surface area contributed by atoms with Crippen molar-refractivity contribution in [3.8, 4) is 11.3 Å². The molecule has 0 aliphatic heterocycles. The maximum absolute atomic E-state index is 2.61. The van der Waals surface area contributed by atoms with Crippen LogP contribution in [-0.2, 0) is 19.4 Å². The molecule has 1 heterocycles. The Balaban J connectivity index is 1.94. The second kappa shape index (κ2) is 7.15. The molecule has 0 saturated heterocycles. The third kappa shape index (κ3) is 3.44. The van der Waals surface area contributed by atoms with Crippen LogP contribution in [0.2, 0.25) is 0 Å². The molecular weight excluding hydrogens is 268 g/mol. The Kier molecular flexibility index (Phi) is 4.99. The van der Waals surface area contributed by atoms with Crippen molar-refractivity contribution < 1.29 is 0 Å². The predicted molar refractivity (Wildman–Crippen MR) is 94.3 cm³/mol. The molecule has 0 fully saturated rings. The van der Waals surface area contributed by atoms with Crippen molar-refractivity contribution in [2.24, 2.45) is 0 Å². The zero-order valence-electron chi connectivity index (χ0n) is 14.0. The lowest BCUT2D eigenvalue weighted by atomic mass is 10.1. The first-order valence-electron chi connectivity index (χ1n) is 8.67. The molecule has 0 atom stereocenters. The lowest BCUT2D eigenvalue weighted by molar-refractivity contribution is 0.385. The van der Waals surface area contributed by atoms with Crippen LogP contribution in [0.5, 0.6) is 0 Å². The van der Waals surface area contributed by atoms with Gasteiger partial charge >= 0.3 is 0 Å². The molecule has 0 saturated carbocycles. The highest BCUT2D eigenvalue weighted by Gasteiger charge is 2.17. The molecule has 0 bridgehead atoms. The second-order valence-corrected chi connectivity index (χ2v) is 6.74. The SMILES string of the molecule is CN(C)CCCn1c(-c2ccccc2)cc2c1CCCCC2. The van der Waals surface area contributed by atoms with Crippen LogP contribution in [0.15, 0.2) is 36.4 Å². The van der Waals surface area contributed by atoms with E-state index in [0.717, 1.165) is 13.1 Å². The van der Waals surface area contributed by atoms with Crippen molar-refractivity contribution in [1.29, 1.82) is 0 Å². The first-order valence-corrected chi connectivity index (χ1v) is 8.67. The standard InChI is InChI=1S/C20H28N2/c1-21(2)14-9-15-22-19-13-8-4-7-12-18(19)16-20(22)17-10-5-3-6-11-17/h3,5-6,10-11,16H,4,7-9,12-15H2,1-2H3. The summed E-state index contributed by atoms with van der Waals surface area (Å²) in [7, 11) is 4.32. The van der Waals surface area contributed by atoms with E-state index in [4.69, 9.17) is 0 Å². The van der Waals surface area contributed by atoms with Gasteiger partial charge in [0, 0.05) is 17.9 Å². The van der Waals surface area contributed by atoms with Gasteiger partial charge in [-0.2, -0.15) is 0 Å². The molecular formula is C20H28N2. The van der Waals surface area contributed by atoms with E-state index in [2.05, 4.69) is 60.0 Å². The van der Waals surface area contributed by atoms with Crippen LogP contribution in [0.4, 0.5) is 0 Å². The molecule has 22 heavy (non-hydrogen) atoms. The first-order chi connectivity index (χ1) is 10.8. The van der Waals surface area contributed by atoms with Crippen molar-refractivity contribution in [2.45, 2.75) is 45.1 Å². The lowest BCUT2D eigenvalue weighted by Crippen LogP contribution is -2.16. The summed E-state index contributed by atoms with van der Waals surface area (Å²) in [5.74, 6) is 0. The average Bonchev–Trinajstić information content (AvgIpc) is 2.70. The van der Waals surface area contributed by atoms with Crippen LogP contribution in [0.25, 0.3) is 11.3 Å². The molecule has 0 radical (unpaired) electrons. The van der Waals surface area contributed by atoms with Crippen molar-refractivity contribution in [2.75, 3.05) is 20.6 Å². The summed E-state index contributed by atoms with van der Waals surface area (Å²) in [6, 6.07) is 13.4. The van der Waals surface area contributed by atoms with Gasteiger partial charge in [0.25, 0.3) is 0 Å². The van der Waals surface area contributed by atoms with Crippen LogP contribution in [0.1, 0.15) is 36.9 Å². The monoisotopic (exact) mass is 296 g/mol. The Morgan fingerprint density at radius 2 is 1.77 bits per heavy atom. The molecule has 0 N–H and O–H groups in total. The number of nitrogens with zero attached hydrogens (tertiary/aromatic N) is 2. The van der Waals surface area contributed by atoms with Gasteiger partial charge < -0.3 is 9.47 Å². The zero-order chi connectivity index (χ0) is 15.4. The van der Waals surface area contributed by atoms with Gasteiger partial charge in [0.2, 0.25) is 0 Å². The summed E-state index contributed by atoms with van der Waals surface area (Å²) in [6.07, 6.45) is 7.81. The number of hydrogen-bond donors (Lipinski definition) is 0. The van der Waals surface area contributed by atoms with Gasteiger partial charge in [-0.1, -0.05) is 36.8 Å². The molecule has 1 aliphatic rings. The number of hydrogen-bond acceptors (Lipinski definition) is 1. The third-order valence-electron chi connectivity index (χ3n) is 4.71. The Morgan fingerprint density at radius 1 is 1.00 bits per heavy atom. The quantitative estimate of drug-likeness (QED) is 0.744. The maximum atomic E-state index is 2.61. The van der Waals surface area contributed by atoms with Crippen LogP contribution in [0.3, 0.4) is 0 Å². The lowest BCUT2D eigenvalue weighted by Gasteiger charge is -2.16. The third-order valence-corrected chi connectivity index (χ3v) is 4.71. The minimum atomic E-state index is 1.14. The molecule has 2 aromatic rings. The van der Waals surface area contributed by atoms with E-state index in [0.29, 0.717) is 0 Å². The molecule has 2 nitrogen and oxygen atoms in total. The summed E-state index contributed by atoms with van der Waals surface area (Å²) in [4.78, 5) is 2.28. The van der Waals surface area contributed by atoms with E-state index in [1.54, 1.807) is 11.3 Å². The average molecular weight is 296 g/mol. The van der Waals surface area contributed by atoms with E-state index < -0.39 is 0 Å². The predicted octanol–water partition coefficient (Wildman–Crippen LogP) is 4.38. The molecule has 1 aliphatic carbocycles. The number of aromatic nitrogens is 1. The van der Waals surface area contributed by atoms with Gasteiger partial charge in [0.15, 0.2) is 0 Å². The van der Waals surface area contributed by atoms with Crippen LogP contribution < -0.4 is 0 Å². The summed E-state index contributed by atoms with van der Waals surface area (Å²) < 4.78 is 2.61. The Morgan fingerprint density at radius 3 is 2.55 bits per heavy atom. The fourth-order valence-corrected chi connectivity index (χ4v) is 3.59. The summed E-state index contributed by atoms with van der Waals surface area (Å²) >= 11 is 0. The Hall–Kier alpha value is -1.54. The highest BCUT2D eigenvalue weighted by molar-refractivity contribution is 5.62. The van der Waals surface area contributed by atoms with Gasteiger partial charge in [0.05, 0.1) is 0 Å². The summed E-state index contributed by atoms with van der Waals surface area (Å²) in [5, 5.41) is 0. The highest BCUT2D eigenvalue weighted by Crippen LogP contribution is 2.30. The first kappa shape index (κ1) is 15.4. The molecule has 0 spiro atoms. The van der Waals surface area contributed by atoms with Gasteiger partial charge in [-0.25, -0.2) is 0 Å². The maximum Gasteiger partial charge on any atom is 0.0485 e. The van der Waals surface area contributed by atoms with E-state index in [1.807, 2.05) is 0 Å². The molecule has 118 valence electrons. The molecule has 1 aromatic heterocycles. The normalized spacial score (nSPS) is 14.9. The van der Waals surface area contributed by atoms with E-state index in [1.165, 1.54) is 49.8 Å². The van der Waals surface area contributed by atoms with Gasteiger partial charge in [-0.05, 0) is 69.9 Å².